The molecule has 0 amide bonds. The van der Waals surface area contributed by atoms with Gasteiger partial charge in [0.2, 0.25) is 0 Å². The Morgan fingerprint density at radius 1 is 1.16 bits per heavy atom. The molecule has 1 unspecified atom stereocenters. The van der Waals surface area contributed by atoms with Crippen molar-refractivity contribution >= 4 is 5.94 Å². The highest BCUT2D eigenvalue weighted by Crippen LogP contribution is 2.50. The molecule has 1 atom stereocenters. The fourth-order valence-corrected chi connectivity index (χ4v) is 2.99. The van der Waals surface area contributed by atoms with E-state index < -0.39 is 5.60 Å². The molecule has 3 rings (SSSR count). The highest BCUT2D eigenvalue weighted by atomic mass is 16.3. The highest BCUT2D eigenvalue weighted by molar-refractivity contribution is 5.82. The van der Waals surface area contributed by atoms with Crippen LogP contribution in [0.25, 0.3) is 11.1 Å². The molecule has 0 heterocycles. The van der Waals surface area contributed by atoms with Crippen LogP contribution in [0.3, 0.4) is 0 Å². The van der Waals surface area contributed by atoms with Gasteiger partial charge in [-0.25, -0.2) is 4.79 Å². The Morgan fingerprint density at radius 3 is 2.68 bits per heavy atom. The first kappa shape index (κ1) is 11.9. The van der Waals surface area contributed by atoms with E-state index >= 15 is 0 Å². The summed E-state index contributed by atoms with van der Waals surface area (Å²) in [5.41, 5.74) is 3.90. The summed E-state index contributed by atoms with van der Waals surface area (Å²) in [7, 11) is 0. The monoisotopic (exact) mass is 250 g/mol. The molecule has 0 aliphatic heterocycles. The lowest BCUT2D eigenvalue weighted by Gasteiger charge is -2.23. The Kier molecular flexibility index (Phi) is 2.63. The predicted molar refractivity (Wildman–Crippen MR) is 74.5 cm³/mol. The number of aliphatic hydroxyl groups is 1. The summed E-state index contributed by atoms with van der Waals surface area (Å²) in [5.74, 6) is 1.76. The topological polar surface area (TPSA) is 37.3 Å². The Hall–Kier alpha value is -2.15. The lowest BCUT2D eigenvalue weighted by Crippen LogP contribution is -2.23. The smallest absolute Gasteiger partial charge is 0.120 e. The number of aryl methyl sites for hydroxylation is 1. The van der Waals surface area contributed by atoms with Gasteiger partial charge in [0.05, 0.1) is 0 Å². The van der Waals surface area contributed by atoms with Gasteiger partial charge in [-0.15, -0.1) is 0 Å². The van der Waals surface area contributed by atoms with Crippen molar-refractivity contribution in [3.63, 3.8) is 0 Å². The third-order valence-electron chi connectivity index (χ3n) is 3.84. The second-order valence-electron chi connectivity index (χ2n) is 4.93. The van der Waals surface area contributed by atoms with Gasteiger partial charge in [-0.2, -0.15) is 0 Å². The molecule has 1 aliphatic rings. The fraction of sp³-hybridized carbons (Fsp3) is 0.176. The van der Waals surface area contributed by atoms with Crippen LogP contribution >= 0.6 is 0 Å². The van der Waals surface area contributed by atoms with E-state index in [1.54, 1.807) is 5.94 Å². The van der Waals surface area contributed by atoms with Gasteiger partial charge in [-0.3, -0.25) is 0 Å². The Bertz CT molecular complexity index is 696. The first-order valence-corrected chi connectivity index (χ1v) is 6.30. The summed E-state index contributed by atoms with van der Waals surface area (Å²) in [6.45, 7) is 2.04. The Labute approximate surface area is 112 Å². The predicted octanol–water partition coefficient (Wildman–Crippen LogP) is 2.99. The van der Waals surface area contributed by atoms with Crippen molar-refractivity contribution in [1.82, 2.24) is 0 Å². The van der Waals surface area contributed by atoms with Crippen LogP contribution in [0, 0.1) is 6.92 Å². The number of carbonyl (C=O) groups excluding carboxylic acids is 1. The number of benzene rings is 2. The van der Waals surface area contributed by atoms with E-state index in [0.717, 1.165) is 27.8 Å². The highest BCUT2D eigenvalue weighted by Gasteiger charge is 2.41. The van der Waals surface area contributed by atoms with Crippen molar-refractivity contribution in [2.45, 2.75) is 18.9 Å². The van der Waals surface area contributed by atoms with Gasteiger partial charge < -0.3 is 5.11 Å². The minimum absolute atomic E-state index is 0.254. The number of hydrogen-bond acceptors (Lipinski definition) is 2. The normalized spacial score (nSPS) is 19.5. The van der Waals surface area contributed by atoms with E-state index in [0.29, 0.717) is 0 Å². The summed E-state index contributed by atoms with van der Waals surface area (Å²) in [4.78, 5) is 10.5. The first-order chi connectivity index (χ1) is 9.18. The lowest BCUT2D eigenvalue weighted by atomic mass is 9.88. The van der Waals surface area contributed by atoms with Crippen molar-refractivity contribution in [2.75, 3.05) is 0 Å². The maximum Gasteiger partial charge on any atom is 0.120 e. The molecular weight excluding hydrogens is 236 g/mol. The Morgan fingerprint density at radius 2 is 1.89 bits per heavy atom. The van der Waals surface area contributed by atoms with E-state index in [-0.39, 0.29) is 6.42 Å². The molecule has 0 bridgehead atoms. The van der Waals surface area contributed by atoms with Gasteiger partial charge in [0, 0.05) is 12.5 Å². The summed E-state index contributed by atoms with van der Waals surface area (Å²) in [6.07, 6.45) is 1.61. The van der Waals surface area contributed by atoms with Crippen molar-refractivity contribution in [3.05, 3.63) is 65.2 Å². The van der Waals surface area contributed by atoms with Gasteiger partial charge in [0.15, 0.2) is 0 Å². The molecule has 2 aromatic carbocycles. The molecule has 0 saturated carbocycles. The summed E-state index contributed by atoms with van der Waals surface area (Å²) in [5, 5.41) is 11.0. The van der Waals surface area contributed by atoms with Crippen molar-refractivity contribution < 1.29 is 9.90 Å². The minimum Gasteiger partial charge on any atom is -0.380 e. The maximum atomic E-state index is 11.0. The molecule has 0 aromatic heterocycles. The van der Waals surface area contributed by atoms with E-state index in [9.17, 15) is 9.90 Å². The molecule has 0 saturated heterocycles. The average Bonchev–Trinajstić information content (AvgIpc) is 2.69. The quantitative estimate of drug-likeness (QED) is 0.832. The molecule has 0 spiro atoms. The standard InChI is InChI=1S/C17H14O2/c1-12-6-4-9-15-16(12)13-7-2-3-8-14(13)17(15,19)10-5-11-18/h2-9,19H,10H2,1H3. The summed E-state index contributed by atoms with van der Waals surface area (Å²) < 4.78 is 0. The number of fused-ring (bicyclic) bond motifs is 3. The average molecular weight is 250 g/mol. The van der Waals surface area contributed by atoms with Gasteiger partial charge in [0.25, 0.3) is 0 Å². The van der Waals surface area contributed by atoms with Crippen LogP contribution in [0.4, 0.5) is 0 Å². The van der Waals surface area contributed by atoms with Crippen LogP contribution in [0.5, 0.6) is 0 Å². The molecule has 0 fully saturated rings. The molecule has 94 valence electrons. The van der Waals surface area contributed by atoms with Gasteiger partial charge >= 0.3 is 0 Å². The second kappa shape index (κ2) is 4.20. The van der Waals surface area contributed by atoms with E-state index in [2.05, 4.69) is 0 Å². The molecule has 2 aromatic rings. The minimum atomic E-state index is -1.12. The molecular formula is C17H14O2. The van der Waals surface area contributed by atoms with Gasteiger partial charge in [-0.05, 0) is 34.7 Å². The van der Waals surface area contributed by atoms with Crippen LogP contribution in [-0.2, 0) is 10.4 Å². The zero-order valence-corrected chi connectivity index (χ0v) is 10.7. The first-order valence-electron chi connectivity index (χ1n) is 6.30. The molecule has 1 N–H and O–H groups in total. The maximum absolute atomic E-state index is 11.0. The third-order valence-corrected chi connectivity index (χ3v) is 3.84. The van der Waals surface area contributed by atoms with Crippen LogP contribution in [0.15, 0.2) is 48.5 Å². The van der Waals surface area contributed by atoms with Gasteiger partial charge in [0.1, 0.15) is 11.5 Å². The fourth-order valence-electron chi connectivity index (χ4n) is 2.99. The SMILES string of the molecule is Cc1cccc2c1-c1ccccc1C2(O)CC=C=O. The summed E-state index contributed by atoms with van der Waals surface area (Å²) >= 11 is 0. The number of rotatable bonds is 2. The number of hydrogen-bond donors (Lipinski definition) is 1. The molecule has 2 nitrogen and oxygen atoms in total. The third kappa shape index (κ3) is 1.58. The second-order valence-corrected chi connectivity index (χ2v) is 4.93. The Balaban J connectivity index is 2.34. The van der Waals surface area contributed by atoms with Crippen molar-refractivity contribution in [2.24, 2.45) is 0 Å². The molecule has 2 heteroatoms. The van der Waals surface area contributed by atoms with E-state index in [1.165, 1.54) is 6.08 Å². The molecule has 19 heavy (non-hydrogen) atoms. The molecule has 0 radical (unpaired) electrons. The van der Waals surface area contributed by atoms with Crippen LogP contribution in [0.1, 0.15) is 23.1 Å². The van der Waals surface area contributed by atoms with Crippen molar-refractivity contribution in [1.29, 1.82) is 0 Å². The van der Waals surface area contributed by atoms with E-state index in [4.69, 9.17) is 0 Å². The molecule has 1 aliphatic carbocycles. The zero-order chi connectivity index (χ0) is 13.5. The zero-order valence-electron chi connectivity index (χ0n) is 10.7. The largest absolute Gasteiger partial charge is 0.380 e. The van der Waals surface area contributed by atoms with E-state index in [1.807, 2.05) is 49.4 Å². The van der Waals surface area contributed by atoms with Crippen LogP contribution in [-0.4, -0.2) is 11.0 Å². The lowest BCUT2D eigenvalue weighted by molar-refractivity contribution is 0.0892. The summed E-state index contributed by atoms with van der Waals surface area (Å²) in [6, 6.07) is 13.7. The van der Waals surface area contributed by atoms with Gasteiger partial charge in [-0.1, -0.05) is 42.5 Å². The van der Waals surface area contributed by atoms with Crippen molar-refractivity contribution in [3.8, 4) is 11.1 Å². The van der Waals surface area contributed by atoms with Crippen LogP contribution in [0.2, 0.25) is 0 Å². The van der Waals surface area contributed by atoms with Crippen LogP contribution < -0.4 is 0 Å².